The Kier molecular flexibility index (Phi) is 3.87. The monoisotopic (exact) mass is 259 g/mol. The van der Waals surface area contributed by atoms with Crippen LogP contribution in [0.2, 0.25) is 0 Å². The smallest absolute Gasteiger partial charge is 0.221 e. The molecule has 0 spiro atoms. The van der Waals surface area contributed by atoms with Crippen molar-refractivity contribution in [2.24, 2.45) is 0 Å². The number of hydrogen-bond donors (Lipinski definition) is 1. The first kappa shape index (κ1) is 12.9. The fourth-order valence-electron chi connectivity index (χ4n) is 1.89. The third-order valence-electron chi connectivity index (χ3n) is 2.60. The molecule has 0 aliphatic heterocycles. The van der Waals surface area contributed by atoms with Crippen molar-refractivity contribution >= 4 is 17.7 Å². The van der Waals surface area contributed by atoms with Gasteiger partial charge in [0, 0.05) is 11.9 Å². The van der Waals surface area contributed by atoms with Gasteiger partial charge in [0.05, 0.1) is 0 Å². The van der Waals surface area contributed by atoms with Crippen LogP contribution in [0.5, 0.6) is 0 Å². The van der Waals surface area contributed by atoms with E-state index in [4.69, 9.17) is 5.73 Å². The van der Waals surface area contributed by atoms with Gasteiger partial charge in [-0.1, -0.05) is 29.3 Å². The fraction of sp³-hybridized carbons (Fsp3) is 0.286. The molecule has 2 aromatic rings. The molecule has 1 aromatic carbocycles. The molecule has 3 nitrogen and oxygen atoms in total. The molecule has 0 unspecified atom stereocenters. The topological polar surface area (TPSA) is 51.8 Å². The molecule has 0 bridgehead atoms. The van der Waals surface area contributed by atoms with E-state index in [9.17, 15) is 0 Å². The van der Waals surface area contributed by atoms with Crippen LogP contribution in [0.3, 0.4) is 0 Å². The van der Waals surface area contributed by atoms with Gasteiger partial charge in [0.1, 0.15) is 5.03 Å². The molecule has 0 saturated carbocycles. The summed E-state index contributed by atoms with van der Waals surface area (Å²) in [4.78, 5) is 8.24. The predicted molar refractivity (Wildman–Crippen MR) is 76.7 cm³/mol. The highest BCUT2D eigenvalue weighted by Gasteiger charge is 2.04. The van der Waals surface area contributed by atoms with Crippen molar-refractivity contribution in [2.75, 3.05) is 5.73 Å². The molecule has 18 heavy (non-hydrogen) atoms. The summed E-state index contributed by atoms with van der Waals surface area (Å²) in [5.74, 6) is 1.24. The predicted octanol–water partition coefficient (Wildman–Crippen LogP) is 3.28. The number of thioether (sulfide) groups is 1. The van der Waals surface area contributed by atoms with Gasteiger partial charge in [0.2, 0.25) is 5.95 Å². The van der Waals surface area contributed by atoms with Crippen LogP contribution in [0.1, 0.15) is 22.3 Å². The number of nitrogens with two attached hydrogens (primary N) is 1. The number of aryl methyl sites for hydroxylation is 3. The second-order valence-corrected chi connectivity index (χ2v) is 5.47. The molecule has 0 aliphatic rings. The molecule has 0 aliphatic carbocycles. The third kappa shape index (κ3) is 3.23. The summed E-state index contributed by atoms with van der Waals surface area (Å²) < 4.78 is 0. The molecule has 1 aromatic heterocycles. The van der Waals surface area contributed by atoms with Crippen LogP contribution in [0.15, 0.2) is 29.4 Å². The zero-order chi connectivity index (χ0) is 13.1. The van der Waals surface area contributed by atoms with Crippen molar-refractivity contribution in [1.29, 1.82) is 0 Å². The second-order valence-electron chi connectivity index (χ2n) is 4.50. The number of nitrogens with zero attached hydrogens (tertiary/aromatic N) is 2. The van der Waals surface area contributed by atoms with Crippen molar-refractivity contribution in [3.8, 4) is 0 Å². The fourth-order valence-corrected chi connectivity index (χ4v) is 2.80. The average molecular weight is 259 g/mol. The number of rotatable bonds is 3. The highest BCUT2D eigenvalue weighted by Crippen LogP contribution is 2.25. The summed E-state index contributed by atoms with van der Waals surface area (Å²) in [5, 5.41) is 0.960. The Morgan fingerprint density at radius 1 is 1.11 bits per heavy atom. The van der Waals surface area contributed by atoms with Crippen molar-refractivity contribution in [3.05, 3.63) is 46.6 Å². The van der Waals surface area contributed by atoms with Crippen LogP contribution in [-0.4, -0.2) is 9.97 Å². The van der Waals surface area contributed by atoms with Gasteiger partial charge in [-0.15, -0.1) is 11.8 Å². The Balaban J connectivity index is 2.13. The maximum absolute atomic E-state index is 5.61. The van der Waals surface area contributed by atoms with Crippen LogP contribution in [0.25, 0.3) is 0 Å². The molecule has 0 fully saturated rings. The Morgan fingerprint density at radius 2 is 1.78 bits per heavy atom. The molecule has 4 heteroatoms. The van der Waals surface area contributed by atoms with Crippen LogP contribution >= 0.6 is 11.8 Å². The first-order chi connectivity index (χ1) is 8.54. The minimum atomic E-state index is 0.337. The maximum Gasteiger partial charge on any atom is 0.221 e. The summed E-state index contributed by atoms with van der Waals surface area (Å²) in [6.07, 6.45) is 1.77. The largest absolute Gasteiger partial charge is 0.368 e. The van der Waals surface area contributed by atoms with E-state index in [1.807, 2.05) is 6.92 Å². The van der Waals surface area contributed by atoms with E-state index in [0.29, 0.717) is 5.95 Å². The number of aromatic nitrogens is 2. The molecule has 0 amide bonds. The van der Waals surface area contributed by atoms with Gasteiger partial charge >= 0.3 is 0 Å². The van der Waals surface area contributed by atoms with Crippen molar-refractivity contribution in [1.82, 2.24) is 9.97 Å². The molecular weight excluding hydrogens is 242 g/mol. The van der Waals surface area contributed by atoms with Gasteiger partial charge in [-0.3, -0.25) is 0 Å². The van der Waals surface area contributed by atoms with Gasteiger partial charge < -0.3 is 5.73 Å². The highest BCUT2D eigenvalue weighted by atomic mass is 32.2. The lowest BCUT2D eigenvalue weighted by Crippen LogP contribution is -1.97. The van der Waals surface area contributed by atoms with E-state index in [1.165, 1.54) is 16.7 Å². The molecule has 0 atom stereocenters. The van der Waals surface area contributed by atoms with Crippen LogP contribution in [0, 0.1) is 20.8 Å². The first-order valence-corrected chi connectivity index (χ1v) is 6.82. The van der Waals surface area contributed by atoms with Crippen molar-refractivity contribution in [2.45, 2.75) is 31.6 Å². The third-order valence-corrected chi connectivity index (χ3v) is 3.77. The van der Waals surface area contributed by atoms with Gasteiger partial charge in [-0.05, 0) is 31.9 Å². The zero-order valence-corrected chi connectivity index (χ0v) is 11.7. The maximum atomic E-state index is 5.61. The van der Waals surface area contributed by atoms with E-state index in [0.717, 1.165) is 16.3 Å². The molecule has 0 saturated heterocycles. The van der Waals surface area contributed by atoms with Crippen LogP contribution in [0.4, 0.5) is 5.95 Å². The summed E-state index contributed by atoms with van der Waals surface area (Å²) in [6.45, 7) is 6.24. The average Bonchev–Trinajstić information content (AvgIpc) is 2.29. The summed E-state index contributed by atoms with van der Waals surface area (Å²) in [7, 11) is 0. The Labute approximate surface area is 112 Å². The van der Waals surface area contributed by atoms with Gasteiger partial charge in [-0.2, -0.15) is 0 Å². The standard InChI is InChI=1S/C14H17N3S/c1-9-4-10(2)6-12(5-9)8-18-13-11(3)7-16-14(15)17-13/h4-7H,8H2,1-3H3,(H2,15,16,17). The number of anilines is 1. The SMILES string of the molecule is Cc1cc(C)cc(CSc2nc(N)ncc2C)c1. The number of hydrogen-bond acceptors (Lipinski definition) is 4. The highest BCUT2D eigenvalue weighted by molar-refractivity contribution is 7.98. The number of nitrogen functional groups attached to an aromatic ring is 1. The Hall–Kier alpha value is -1.55. The molecule has 94 valence electrons. The lowest BCUT2D eigenvalue weighted by molar-refractivity contribution is 1.02. The molecule has 2 N–H and O–H groups in total. The zero-order valence-electron chi connectivity index (χ0n) is 10.9. The minimum Gasteiger partial charge on any atom is -0.368 e. The van der Waals surface area contributed by atoms with Gasteiger partial charge in [0.25, 0.3) is 0 Å². The van der Waals surface area contributed by atoms with Gasteiger partial charge in [-0.25, -0.2) is 9.97 Å². The van der Waals surface area contributed by atoms with Crippen LogP contribution < -0.4 is 5.73 Å². The van der Waals surface area contributed by atoms with E-state index in [2.05, 4.69) is 42.0 Å². The molecule has 2 rings (SSSR count). The normalized spacial score (nSPS) is 10.6. The Morgan fingerprint density at radius 3 is 2.44 bits per heavy atom. The molecular formula is C14H17N3S. The Bertz CT molecular complexity index is 547. The summed E-state index contributed by atoms with van der Waals surface area (Å²) in [5.41, 5.74) is 10.6. The quantitative estimate of drug-likeness (QED) is 0.679. The van der Waals surface area contributed by atoms with Crippen LogP contribution in [-0.2, 0) is 5.75 Å². The number of benzene rings is 1. The molecule has 0 radical (unpaired) electrons. The van der Waals surface area contributed by atoms with Gasteiger partial charge in [0.15, 0.2) is 0 Å². The lowest BCUT2D eigenvalue weighted by atomic mass is 10.1. The minimum absolute atomic E-state index is 0.337. The van der Waals surface area contributed by atoms with Crippen molar-refractivity contribution < 1.29 is 0 Å². The van der Waals surface area contributed by atoms with E-state index >= 15 is 0 Å². The van der Waals surface area contributed by atoms with E-state index in [1.54, 1.807) is 18.0 Å². The first-order valence-electron chi connectivity index (χ1n) is 5.83. The van der Waals surface area contributed by atoms with E-state index < -0.39 is 0 Å². The van der Waals surface area contributed by atoms with E-state index in [-0.39, 0.29) is 0 Å². The summed E-state index contributed by atoms with van der Waals surface area (Å²) >= 11 is 1.70. The lowest BCUT2D eigenvalue weighted by Gasteiger charge is -2.07. The second kappa shape index (κ2) is 5.40. The van der Waals surface area contributed by atoms with Crippen molar-refractivity contribution in [3.63, 3.8) is 0 Å². The molecule has 1 heterocycles. The summed E-state index contributed by atoms with van der Waals surface area (Å²) in [6, 6.07) is 6.60.